The molecule has 7 nitrogen and oxygen atoms in total. The van der Waals surface area contributed by atoms with E-state index in [0.29, 0.717) is 28.9 Å². The minimum atomic E-state index is -0.253. The van der Waals surface area contributed by atoms with E-state index in [-0.39, 0.29) is 23.8 Å². The summed E-state index contributed by atoms with van der Waals surface area (Å²) in [5, 5.41) is 7.75. The number of aryl methyl sites for hydroxylation is 2. The van der Waals surface area contributed by atoms with Crippen molar-refractivity contribution in [3.05, 3.63) is 63.7 Å². The number of nitrogens with zero attached hydrogens (tertiary/aromatic N) is 3. The summed E-state index contributed by atoms with van der Waals surface area (Å²) < 4.78 is 1.45. The van der Waals surface area contributed by atoms with E-state index in [1.54, 1.807) is 17.8 Å². The molecule has 0 aliphatic carbocycles. The average molecular weight is 412 g/mol. The van der Waals surface area contributed by atoms with Gasteiger partial charge in [0.1, 0.15) is 5.82 Å². The number of hydrogen-bond acceptors (Lipinski definition) is 5. The predicted molar refractivity (Wildman–Crippen MR) is 116 cm³/mol. The Kier molecular flexibility index (Phi) is 6.53. The van der Waals surface area contributed by atoms with Crippen LogP contribution in [0.5, 0.6) is 0 Å². The minimum absolute atomic E-state index is 0.163. The topological polar surface area (TPSA) is 92.7 Å². The van der Waals surface area contributed by atoms with Crippen LogP contribution in [0.4, 0.5) is 5.82 Å². The van der Waals surface area contributed by atoms with Crippen molar-refractivity contribution in [2.24, 2.45) is 0 Å². The van der Waals surface area contributed by atoms with E-state index in [9.17, 15) is 9.59 Å². The summed E-state index contributed by atoms with van der Waals surface area (Å²) in [6, 6.07) is 11.2. The summed E-state index contributed by atoms with van der Waals surface area (Å²) in [5.74, 6) is 0.591. The number of hydrogen-bond donors (Lipinski definition) is 2. The second-order valence-electron chi connectivity index (χ2n) is 7.03. The molecule has 8 heteroatoms. The summed E-state index contributed by atoms with van der Waals surface area (Å²) in [6.45, 7) is 8.04. The molecular formula is C21H25N5O2S. The van der Waals surface area contributed by atoms with Crippen LogP contribution in [0.3, 0.4) is 0 Å². The van der Waals surface area contributed by atoms with Gasteiger partial charge in [-0.05, 0) is 31.0 Å². The van der Waals surface area contributed by atoms with Crippen molar-refractivity contribution in [2.45, 2.75) is 50.7 Å². The number of benzene rings is 1. The molecule has 0 spiro atoms. The second-order valence-corrected chi connectivity index (χ2v) is 8.68. The normalized spacial score (nSPS) is 11.1. The fraction of sp³-hybridized carbons (Fsp3) is 0.333. The van der Waals surface area contributed by atoms with Gasteiger partial charge in [0.2, 0.25) is 11.9 Å². The number of carbonyl (C=O) groups excluding carboxylic acids is 1. The van der Waals surface area contributed by atoms with Gasteiger partial charge in [-0.3, -0.25) is 14.6 Å². The van der Waals surface area contributed by atoms with Gasteiger partial charge in [-0.15, -0.1) is 11.8 Å². The lowest BCUT2D eigenvalue weighted by Crippen LogP contribution is -2.20. The molecule has 0 aliphatic heterocycles. The third kappa shape index (κ3) is 5.57. The van der Waals surface area contributed by atoms with Gasteiger partial charge in [-0.1, -0.05) is 32.9 Å². The van der Waals surface area contributed by atoms with E-state index in [1.807, 2.05) is 38.1 Å². The van der Waals surface area contributed by atoms with Crippen LogP contribution in [0.25, 0.3) is 5.95 Å². The Hall–Kier alpha value is -2.87. The molecule has 0 unspecified atom stereocenters. The maximum absolute atomic E-state index is 12.6. The molecule has 2 N–H and O–H groups in total. The Bertz CT molecular complexity index is 1050. The maximum Gasteiger partial charge on any atom is 0.252 e. The second kappa shape index (κ2) is 9.09. The highest BCUT2D eigenvalue weighted by atomic mass is 32.2. The van der Waals surface area contributed by atoms with E-state index in [2.05, 4.69) is 34.2 Å². The third-order valence-electron chi connectivity index (χ3n) is 4.10. The fourth-order valence-electron chi connectivity index (χ4n) is 2.86. The molecule has 0 radical (unpaired) electrons. The molecule has 0 bridgehead atoms. The van der Waals surface area contributed by atoms with Crippen molar-refractivity contribution >= 4 is 23.5 Å². The summed E-state index contributed by atoms with van der Waals surface area (Å²) >= 11 is 1.79. The minimum Gasteiger partial charge on any atom is -0.310 e. The van der Waals surface area contributed by atoms with Crippen molar-refractivity contribution in [1.82, 2.24) is 19.7 Å². The third-order valence-corrected chi connectivity index (χ3v) is 5.12. The standard InChI is InChI=1S/C21H25N5O2S/c1-5-16-12-20(28)24-21(22-16)26-18(10-14(4)25-26)23-19(27)11-15-6-8-17(9-7-15)29-13(2)3/h6-10,12-13H,5,11H2,1-4H3,(H,23,27)(H,22,24,28). The van der Waals surface area contributed by atoms with Gasteiger partial charge in [0.25, 0.3) is 5.56 Å². The zero-order valence-electron chi connectivity index (χ0n) is 17.0. The predicted octanol–water partition coefficient (Wildman–Crippen LogP) is 3.51. The number of aromatic nitrogens is 4. The van der Waals surface area contributed by atoms with Gasteiger partial charge in [-0.2, -0.15) is 9.78 Å². The molecule has 3 aromatic rings. The largest absolute Gasteiger partial charge is 0.310 e. The number of rotatable bonds is 7. The van der Waals surface area contributed by atoms with E-state index in [0.717, 1.165) is 5.56 Å². The molecule has 0 saturated heterocycles. The quantitative estimate of drug-likeness (QED) is 0.581. The van der Waals surface area contributed by atoms with Crippen LogP contribution in [0.15, 0.2) is 46.1 Å². The van der Waals surface area contributed by atoms with Crippen LogP contribution in [-0.2, 0) is 17.6 Å². The van der Waals surface area contributed by atoms with Gasteiger partial charge in [0.05, 0.1) is 12.1 Å². The molecule has 0 atom stereocenters. The number of aromatic amines is 1. The summed E-state index contributed by atoms with van der Waals surface area (Å²) in [6.07, 6.45) is 0.875. The van der Waals surface area contributed by atoms with Crippen LogP contribution in [0.1, 0.15) is 37.7 Å². The Labute approximate surface area is 174 Å². The molecule has 0 aliphatic rings. The number of H-pyrrole nitrogens is 1. The Morgan fingerprint density at radius 1 is 1.24 bits per heavy atom. The molecule has 29 heavy (non-hydrogen) atoms. The van der Waals surface area contributed by atoms with E-state index in [4.69, 9.17) is 0 Å². The summed E-state index contributed by atoms with van der Waals surface area (Å²) in [5.41, 5.74) is 2.04. The molecule has 2 heterocycles. The Morgan fingerprint density at radius 2 is 1.97 bits per heavy atom. The molecule has 1 amide bonds. The smallest absolute Gasteiger partial charge is 0.252 e. The van der Waals surface area contributed by atoms with Crippen molar-refractivity contribution < 1.29 is 4.79 Å². The zero-order chi connectivity index (χ0) is 21.0. The number of nitrogens with one attached hydrogen (secondary N) is 2. The molecule has 0 fully saturated rings. The molecule has 0 saturated carbocycles. The first-order chi connectivity index (χ1) is 13.8. The van der Waals surface area contributed by atoms with E-state index in [1.165, 1.54) is 15.6 Å². The average Bonchev–Trinajstić information content (AvgIpc) is 3.02. The number of carbonyl (C=O) groups is 1. The monoisotopic (exact) mass is 411 g/mol. The van der Waals surface area contributed by atoms with Gasteiger partial charge in [-0.25, -0.2) is 4.98 Å². The number of anilines is 1. The Morgan fingerprint density at radius 3 is 2.62 bits per heavy atom. The van der Waals surface area contributed by atoms with Gasteiger partial charge in [0.15, 0.2) is 0 Å². The molecule has 1 aromatic carbocycles. The first kappa shape index (κ1) is 20.9. The first-order valence-corrected chi connectivity index (χ1v) is 10.4. The van der Waals surface area contributed by atoms with Crippen molar-refractivity contribution in [2.75, 3.05) is 5.32 Å². The highest BCUT2D eigenvalue weighted by molar-refractivity contribution is 7.99. The van der Waals surface area contributed by atoms with Crippen LogP contribution in [-0.4, -0.2) is 30.9 Å². The highest BCUT2D eigenvalue weighted by Gasteiger charge is 2.14. The fourth-order valence-corrected chi connectivity index (χ4v) is 3.69. The SMILES string of the molecule is CCc1cc(=O)[nH]c(-n2nc(C)cc2NC(=O)Cc2ccc(SC(C)C)cc2)n1. The van der Waals surface area contributed by atoms with Crippen molar-refractivity contribution in [3.8, 4) is 5.95 Å². The van der Waals surface area contributed by atoms with Gasteiger partial charge in [0, 0.05) is 28.0 Å². The lowest BCUT2D eigenvalue weighted by Gasteiger charge is -2.09. The number of amides is 1. The van der Waals surface area contributed by atoms with E-state index >= 15 is 0 Å². The highest BCUT2D eigenvalue weighted by Crippen LogP contribution is 2.23. The summed E-state index contributed by atoms with van der Waals surface area (Å²) in [4.78, 5) is 32.7. The zero-order valence-corrected chi connectivity index (χ0v) is 17.8. The first-order valence-electron chi connectivity index (χ1n) is 9.56. The summed E-state index contributed by atoms with van der Waals surface area (Å²) in [7, 11) is 0. The lowest BCUT2D eigenvalue weighted by molar-refractivity contribution is -0.115. The Balaban J connectivity index is 1.76. The van der Waals surface area contributed by atoms with Gasteiger partial charge >= 0.3 is 0 Å². The lowest BCUT2D eigenvalue weighted by atomic mass is 10.1. The van der Waals surface area contributed by atoms with Crippen LogP contribution < -0.4 is 10.9 Å². The maximum atomic E-state index is 12.6. The molecular weight excluding hydrogens is 386 g/mol. The van der Waals surface area contributed by atoms with Gasteiger partial charge < -0.3 is 5.32 Å². The van der Waals surface area contributed by atoms with Crippen molar-refractivity contribution in [1.29, 1.82) is 0 Å². The molecule has 152 valence electrons. The van der Waals surface area contributed by atoms with Crippen LogP contribution >= 0.6 is 11.8 Å². The van der Waals surface area contributed by atoms with Crippen molar-refractivity contribution in [3.63, 3.8) is 0 Å². The van der Waals surface area contributed by atoms with E-state index < -0.39 is 0 Å². The molecule has 2 aromatic heterocycles. The van der Waals surface area contributed by atoms with Crippen LogP contribution in [0, 0.1) is 6.92 Å². The van der Waals surface area contributed by atoms with Crippen LogP contribution in [0.2, 0.25) is 0 Å². The number of thioether (sulfide) groups is 1. The molecule has 3 rings (SSSR count).